The van der Waals surface area contributed by atoms with Crippen LogP contribution in [0.5, 0.6) is 0 Å². The summed E-state index contributed by atoms with van der Waals surface area (Å²) in [5, 5.41) is 40.0. The summed E-state index contributed by atoms with van der Waals surface area (Å²) in [4.78, 5) is 25.2. The Hall–Kier alpha value is -1.30. The highest BCUT2D eigenvalue weighted by Crippen LogP contribution is 2.23. The number of carbonyl (C=O) groups is 2. The van der Waals surface area contributed by atoms with Crippen LogP contribution in [0.3, 0.4) is 0 Å². The molecule has 1 rings (SSSR count). The normalized spacial score (nSPS) is 20.4. The van der Waals surface area contributed by atoms with Gasteiger partial charge in [-0.3, -0.25) is 9.59 Å². The van der Waals surface area contributed by atoms with Crippen molar-refractivity contribution in [3.63, 3.8) is 0 Å². The van der Waals surface area contributed by atoms with Crippen molar-refractivity contribution in [1.82, 2.24) is 0 Å². The van der Waals surface area contributed by atoms with Crippen LogP contribution >= 0.6 is 0 Å². The van der Waals surface area contributed by atoms with Gasteiger partial charge in [-0.2, -0.15) is 0 Å². The molecule has 326 valence electrons. The SMILES string of the molecule is CCCCCCCCCCCCCCCCCCCCCCCCCC(=O)OC(COC(=O)CCCCCCCCC)COC1OC(CO)C(O)C(O)C1O. The summed E-state index contributed by atoms with van der Waals surface area (Å²) in [6, 6.07) is 0. The molecule has 1 heterocycles. The fourth-order valence-corrected chi connectivity index (χ4v) is 7.31. The molecule has 0 radical (unpaired) electrons. The summed E-state index contributed by atoms with van der Waals surface area (Å²) in [6.07, 6.45) is 30.1. The third-order valence-electron chi connectivity index (χ3n) is 11.0. The Morgan fingerprint density at radius 2 is 0.855 bits per heavy atom. The zero-order valence-corrected chi connectivity index (χ0v) is 35.5. The fraction of sp³-hybridized carbons (Fsp3) is 0.956. The number of ether oxygens (including phenoxy) is 4. The Morgan fingerprint density at radius 1 is 0.491 bits per heavy atom. The van der Waals surface area contributed by atoms with Gasteiger partial charge in [0.15, 0.2) is 12.4 Å². The number of esters is 2. The largest absolute Gasteiger partial charge is 0.462 e. The molecule has 0 aromatic carbocycles. The van der Waals surface area contributed by atoms with Crippen molar-refractivity contribution < 1.29 is 49.0 Å². The molecule has 4 N–H and O–H groups in total. The van der Waals surface area contributed by atoms with E-state index in [4.69, 9.17) is 18.9 Å². The molecule has 1 saturated heterocycles. The second kappa shape index (κ2) is 37.0. The lowest BCUT2D eigenvalue weighted by Gasteiger charge is -2.39. The van der Waals surface area contributed by atoms with Crippen molar-refractivity contribution in [3.05, 3.63) is 0 Å². The highest BCUT2D eigenvalue weighted by Gasteiger charge is 2.44. The van der Waals surface area contributed by atoms with Crippen LogP contribution in [0.4, 0.5) is 0 Å². The third kappa shape index (κ3) is 28.7. The molecule has 0 aromatic heterocycles. The Bertz CT molecular complexity index is 871. The maximum Gasteiger partial charge on any atom is 0.306 e. The smallest absolute Gasteiger partial charge is 0.306 e. The van der Waals surface area contributed by atoms with Gasteiger partial charge in [0.25, 0.3) is 0 Å². The third-order valence-corrected chi connectivity index (χ3v) is 11.0. The molecular formula is C45H86O10. The number of hydrogen-bond acceptors (Lipinski definition) is 10. The van der Waals surface area contributed by atoms with E-state index in [1.54, 1.807) is 0 Å². The van der Waals surface area contributed by atoms with E-state index in [1.165, 1.54) is 141 Å². The molecule has 1 fully saturated rings. The molecule has 6 atom stereocenters. The van der Waals surface area contributed by atoms with Gasteiger partial charge in [0.1, 0.15) is 31.0 Å². The van der Waals surface area contributed by atoms with Gasteiger partial charge in [-0.05, 0) is 12.8 Å². The average molecular weight is 787 g/mol. The molecule has 0 saturated carbocycles. The molecule has 10 heteroatoms. The van der Waals surface area contributed by atoms with Crippen molar-refractivity contribution >= 4 is 11.9 Å². The van der Waals surface area contributed by atoms with E-state index in [0.717, 1.165) is 44.9 Å². The molecule has 0 bridgehead atoms. The van der Waals surface area contributed by atoms with E-state index >= 15 is 0 Å². The molecule has 0 aliphatic carbocycles. The van der Waals surface area contributed by atoms with Crippen molar-refractivity contribution in [2.45, 2.75) is 256 Å². The summed E-state index contributed by atoms with van der Waals surface area (Å²) in [5.41, 5.74) is 0. The van der Waals surface area contributed by atoms with Crippen molar-refractivity contribution in [3.8, 4) is 0 Å². The Balaban J connectivity index is 2.18. The van der Waals surface area contributed by atoms with Crippen LogP contribution in [0.15, 0.2) is 0 Å². The van der Waals surface area contributed by atoms with Crippen LogP contribution in [0.2, 0.25) is 0 Å². The number of aliphatic hydroxyl groups is 4. The first-order valence-electron chi connectivity index (χ1n) is 23.1. The quantitative estimate of drug-likeness (QED) is 0.0350. The van der Waals surface area contributed by atoms with Crippen LogP contribution in [0, 0.1) is 0 Å². The number of rotatable bonds is 39. The zero-order chi connectivity index (χ0) is 40.2. The highest BCUT2D eigenvalue weighted by molar-refractivity contribution is 5.70. The summed E-state index contributed by atoms with van der Waals surface area (Å²) >= 11 is 0. The van der Waals surface area contributed by atoms with Crippen LogP contribution in [0.1, 0.15) is 219 Å². The first-order chi connectivity index (χ1) is 26.8. The zero-order valence-electron chi connectivity index (χ0n) is 35.5. The number of unbranched alkanes of at least 4 members (excludes halogenated alkanes) is 28. The van der Waals surface area contributed by atoms with Crippen LogP contribution in [-0.4, -0.2) is 89.0 Å². The van der Waals surface area contributed by atoms with Crippen molar-refractivity contribution in [1.29, 1.82) is 0 Å². The van der Waals surface area contributed by atoms with Gasteiger partial charge in [-0.1, -0.05) is 194 Å². The molecule has 0 amide bonds. The molecule has 1 aliphatic heterocycles. The molecule has 6 unspecified atom stereocenters. The molecule has 1 aliphatic rings. The maximum absolute atomic E-state index is 12.7. The maximum atomic E-state index is 12.7. The van der Waals surface area contributed by atoms with Crippen molar-refractivity contribution in [2.75, 3.05) is 19.8 Å². The number of carbonyl (C=O) groups excluding carboxylic acids is 2. The van der Waals surface area contributed by atoms with E-state index in [1.807, 2.05) is 0 Å². The monoisotopic (exact) mass is 787 g/mol. The lowest BCUT2D eigenvalue weighted by molar-refractivity contribution is -0.305. The summed E-state index contributed by atoms with van der Waals surface area (Å²) in [6.45, 7) is 3.40. The Morgan fingerprint density at radius 3 is 1.24 bits per heavy atom. The van der Waals surface area contributed by atoms with Crippen LogP contribution < -0.4 is 0 Å². The standard InChI is InChI=1S/C45H86O10/c1-3-5-7-9-11-12-13-14-15-16-17-18-19-20-21-22-23-24-25-26-28-30-32-34-41(48)54-38(36-52-40(47)33-31-29-27-10-8-6-4-2)37-53-45-44(51)43(50)42(49)39(35-46)55-45/h38-39,42-46,49-51H,3-37H2,1-2H3. The molecule has 55 heavy (non-hydrogen) atoms. The van der Waals surface area contributed by atoms with Crippen LogP contribution in [0.25, 0.3) is 0 Å². The van der Waals surface area contributed by atoms with Gasteiger partial charge in [0.2, 0.25) is 0 Å². The average Bonchev–Trinajstić information content (AvgIpc) is 3.18. The number of aliphatic hydroxyl groups excluding tert-OH is 4. The van der Waals surface area contributed by atoms with Gasteiger partial charge >= 0.3 is 11.9 Å². The summed E-state index contributed by atoms with van der Waals surface area (Å²) in [5.74, 6) is -0.800. The molecule has 10 nitrogen and oxygen atoms in total. The second-order valence-electron chi connectivity index (χ2n) is 16.2. The Labute approximate surface area is 336 Å². The predicted molar refractivity (Wildman–Crippen MR) is 220 cm³/mol. The second-order valence-corrected chi connectivity index (χ2v) is 16.2. The molecule has 0 spiro atoms. The fourth-order valence-electron chi connectivity index (χ4n) is 7.31. The minimum Gasteiger partial charge on any atom is -0.462 e. The first-order valence-corrected chi connectivity index (χ1v) is 23.1. The van der Waals surface area contributed by atoms with E-state index in [9.17, 15) is 30.0 Å². The van der Waals surface area contributed by atoms with Gasteiger partial charge in [-0.25, -0.2) is 0 Å². The van der Waals surface area contributed by atoms with E-state index in [-0.39, 0.29) is 32.0 Å². The lowest BCUT2D eigenvalue weighted by atomic mass is 9.99. The van der Waals surface area contributed by atoms with Crippen LogP contribution in [-0.2, 0) is 28.5 Å². The van der Waals surface area contributed by atoms with Gasteiger partial charge in [0.05, 0.1) is 13.2 Å². The number of hydrogen-bond donors (Lipinski definition) is 4. The summed E-state index contributed by atoms with van der Waals surface area (Å²) < 4.78 is 22.1. The lowest BCUT2D eigenvalue weighted by Crippen LogP contribution is -2.59. The minimum absolute atomic E-state index is 0.210. The molecular weight excluding hydrogens is 700 g/mol. The molecule has 0 aromatic rings. The topological polar surface area (TPSA) is 152 Å². The Kier molecular flexibility index (Phi) is 34.8. The van der Waals surface area contributed by atoms with Gasteiger partial charge < -0.3 is 39.4 Å². The summed E-state index contributed by atoms with van der Waals surface area (Å²) in [7, 11) is 0. The van der Waals surface area contributed by atoms with Gasteiger partial charge in [0, 0.05) is 12.8 Å². The van der Waals surface area contributed by atoms with E-state index < -0.39 is 49.4 Å². The highest BCUT2D eigenvalue weighted by atomic mass is 16.7. The van der Waals surface area contributed by atoms with Gasteiger partial charge in [-0.15, -0.1) is 0 Å². The van der Waals surface area contributed by atoms with E-state index in [2.05, 4.69) is 13.8 Å². The first kappa shape index (κ1) is 51.7. The predicted octanol–water partition coefficient (Wildman–Crippen LogP) is 9.78. The van der Waals surface area contributed by atoms with E-state index in [0.29, 0.717) is 6.42 Å². The minimum atomic E-state index is -1.59. The van der Waals surface area contributed by atoms with Crippen molar-refractivity contribution in [2.24, 2.45) is 0 Å².